The van der Waals surface area contributed by atoms with E-state index >= 15 is 0 Å². The number of anilines is 2. The van der Waals surface area contributed by atoms with Crippen LogP contribution in [0, 0.1) is 5.92 Å². The fourth-order valence-electron chi connectivity index (χ4n) is 2.04. The van der Waals surface area contributed by atoms with Crippen LogP contribution in [0.1, 0.15) is 24.2 Å². The lowest BCUT2D eigenvalue weighted by molar-refractivity contribution is 0.102. The monoisotopic (exact) mass is 312 g/mol. The van der Waals surface area contributed by atoms with E-state index in [0.29, 0.717) is 23.8 Å². The van der Waals surface area contributed by atoms with E-state index in [4.69, 9.17) is 4.74 Å². The van der Waals surface area contributed by atoms with Crippen LogP contribution in [0.5, 0.6) is 5.75 Å². The second-order valence-corrected chi connectivity index (χ2v) is 6.13. The number of hydrogen-bond donors (Lipinski definition) is 1. The van der Waals surface area contributed by atoms with Gasteiger partial charge < -0.3 is 15.0 Å². The third-order valence-corrected chi connectivity index (χ3v) is 3.32. The highest BCUT2D eigenvalue weighted by Gasteiger charge is 2.08. The van der Waals surface area contributed by atoms with Gasteiger partial charge in [0.2, 0.25) is 0 Å². The number of carbonyl (C=O) groups is 1. The predicted molar refractivity (Wildman–Crippen MR) is 95.5 cm³/mol. The zero-order valence-corrected chi connectivity index (χ0v) is 14.2. The van der Waals surface area contributed by atoms with Crippen LogP contribution in [0.2, 0.25) is 0 Å². The molecular weight excluding hydrogens is 288 g/mol. The number of benzene rings is 2. The van der Waals surface area contributed by atoms with Crippen molar-refractivity contribution in [1.29, 1.82) is 0 Å². The lowest BCUT2D eigenvalue weighted by Crippen LogP contribution is -2.13. The van der Waals surface area contributed by atoms with Gasteiger partial charge in [-0.1, -0.05) is 19.9 Å². The molecule has 0 fully saturated rings. The summed E-state index contributed by atoms with van der Waals surface area (Å²) < 4.78 is 5.67. The van der Waals surface area contributed by atoms with Crippen molar-refractivity contribution in [3.63, 3.8) is 0 Å². The topological polar surface area (TPSA) is 41.6 Å². The van der Waals surface area contributed by atoms with Crippen molar-refractivity contribution in [1.82, 2.24) is 0 Å². The molecule has 1 amide bonds. The molecule has 122 valence electrons. The molecule has 0 spiro atoms. The molecule has 2 aromatic rings. The van der Waals surface area contributed by atoms with Gasteiger partial charge in [-0.15, -0.1) is 0 Å². The Hall–Kier alpha value is -2.49. The molecule has 0 radical (unpaired) electrons. The van der Waals surface area contributed by atoms with Gasteiger partial charge in [-0.3, -0.25) is 4.79 Å². The molecule has 0 aliphatic carbocycles. The van der Waals surface area contributed by atoms with Crippen LogP contribution in [0.3, 0.4) is 0 Å². The number of amides is 1. The summed E-state index contributed by atoms with van der Waals surface area (Å²) in [6.45, 7) is 4.82. The van der Waals surface area contributed by atoms with Crippen molar-refractivity contribution in [2.75, 3.05) is 30.9 Å². The molecule has 0 atom stereocenters. The maximum absolute atomic E-state index is 12.3. The Bertz CT molecular complexity index is 649. The molecular formula is C19H24N2O2. The fourth-order valence-corrected chi connectivity index (χ4v) is 2.04. The van der Waals surface area contributed by atoms with E-state index in [1.807, 2.05) is 55.4 Å². The molecule has 0 unspecified atom stereocenters. The minimum absolute atomic E-state index is 0.141. The molecule has 0 aliphatic heterocycles. The zero-order chi connectivity index (χ0) is 16.8. The summed E-state index contributed by atoms with van der Waals surface area (Å²) in [5.41, 5.74) is 2.45. The summed E-state index contributed by atoms with van der Waals surface area (Å²) in [5, 5.41) is 2.90. The second kappa shape index (κ2) is 7.68. The number of carbonyl (C=O) groups excluding carboxylic acids is 1. The fraction of sp³-hybridized carbons (Fsp3) is 0.316. The number of nitrogens with one attached hydrogen (secondary N) is 1. The summed E-state index contributed by atoms with van der Waals surface area (Å²) in [6.07, 6.45) is 0. The van der Waals surface area contributed by atoms with Crippen LogP contribution in [-0.2, 0) is 0 Å². The average molecular weight is 312 g/mol. The first kappa shape index (κ1) is 16.9. The molecule has 2 aromatic carbocycles. The van der Waals surface area contributed by atoms with Crippen molar-refractivity contribution < 1.29 is 9.53 Å². The molecule has 0 bridgehead atoms. The number of ether oxygens (including phenoxy) is 1. The second-order valence-electron chi connectivity index (χ2n) is 6.13. The molecule has 0 aliphatic rings. The minimum Gasteiger partial charge on any atom is -0.493 e. The predicted octanol–water partition coefficient (Wildman–Crippen LogP) is 4.04. The summed E-state index contributed by atoms with van der Waals surface area (Å²) in [7, 11) is 3.96. The van der Waals surface area contributed by atoms with E-state index in [9.17, 15) is 4.79 Å². The number of rotatable bonds is 6. The van der Waals surface area contributed by atoms with Crippen molar-refractivity contribution in [2.24, 2.45) is 5.92 Å². The van der Waals surface area contributed by atoms with Crippen LogP contribution in [0.15, 0.2) is 48.5 Å². The quantitative estimate of drug-likeness (QED) is 0.875. The van der Waals surface area contributed by atoms with Crippen molar-refractivity contribution in [2.45, 2.75) is 13.8 Å². The largest absolute Gasteiger partial charge is 0.493 e. The van der Waals surface area contributed by atoms with Gasteiger partial charge in [0.1, 0.15) is 5.75 Å². The maximum atomic E-state index is 12.3. The van der Waals surface area contributed by atoms with Gasteiger partial charge in [-0.25, -0.2) is 0 Å². The Morgan fingerprint density at radius 2 is 1.83 bits per heavy atom. The molecule has 1 N–H and O–H groups in total. The van der Waals surface area contributed by atoms with E-state index in [0.717, 1.165) is 11.4 Å². The van der Waals surface area contributed by atoms with Crippen LogP contribution in [-0.4, -0.2) is 26.6 Å². The molecule has 4 heteroatoms. The van der Waals surface area contributed by atoms with E-state index in [-0.39, 0.29) is 5.91 Å². The lowest BCUT2D eigenvalue weighted by atomic mass is 10.2. The van der Waals surface area contributed by atoms with Crippen LogP contribution >= 0.6 is 0 Å². The van der Waals surface area contributed by atoms with Crippen molar-refractivity contribution in [3.05, 3.63) is 54.1 Å². The third-order valence-electron chi connectivity index (χ3n) is 3.32. The highest BCUT2D eigenvalue weighted by molar-refractivity contribution is 6.04. The molecule has 0 heterocycles. The van der Waals surface area contributed by atoms with Gasteiger partial charge in [-0.2, -0.15) is 0 Å². The smallest absolute Gasteiger partial charge is 0.255 e. The Kier molecular flexibility index (Phi) is 5.63. The summed E-state index contributed by atoms with van der Waals surface area (Å²) in [6, 6.07) is 15.0. The zero-order valence-electron chi connectivity index (χ0n) is 14.2. The highest BCUT2D eigenvalue weighted by Crippen LogP contribution is 2.18. The number of hydrogen-bond acceptors (Lipinski definition) is 3. The summed E-state index contributed by atoms with van der Waals surface area (Å²) in [4.78, 5) is 14.4. The molecule has 0 saturated carbocycles. The van der Waals surface area contributed by atoms with Crippen LogP contribution in [0.4, 0.5) is 11.4 Å². The Balaban J connectivity index is 2.04. The van der Waals surface area contributed by atoms with Crippen molar-refractivity contribution >= 4 is 17.3 Å². The van der Waals surface area contributed by atoms with Crippen LogP contribution in [0.25, 0.3) is 0 Å². The normalized spacial score (nSPS) is 10.5. The van der Waals surface area contributed by atoms with Gasteiger partial charge in [0, 0.05) is 31.0 Å². The molecule has 2 rings (SSSR count). The van der Waals surface area contributed by atoms with E-state index < -0.39 is 0 Å². The Labute approximate surface area is 138 Å². The van der Waals surface area contributed by atoms with Gasteiger partial charge in [0.15, 0.2) is 0 Å². The molecule has 0 saturated heterocycles. The first-order chi connectivity index (χ1) is 11.0. The van der Waals surface area contributed by atoms with Gasteiger partial charge in [-0.05, 0) is 48.4 Å². The first-order valence-electron chi connectivity index (χ1n) is 7.77. The van der Waals surface area contributed by atoms with Gasteiger partial charge in [0.25, 0.3) is 5.91 Å². The van der Waals surface area contributed by atoms with Gasteiger partial charge in [0.05, 0.1) is 6.61 Å². The maximum Gasteiger partial charge on any atom is 0.255 e. The summed E-state index contributed by atoms with van der Waals surface area (Å²) >= 11 is 0. The SMILES string of the molecule is CC(C)COc1cccc(C(=O)Nc2ccc(N(C)C)cc2)c1. The molecule has 0 aromatic heterocycles. The minimum atomic E-state index is -0.141. The Morgan fingerprint density at radius 3 is 2.43 bits per heavy atom. The third kappa shape index (κ3) is 5.02. The average Bonchev–Trinajstić information content (AvgIpc) is 2.53. The van der Waals surface area contributed by atoms with Crippen LogP contribution < -0.4 is 15.0 Å². The summed E-state index contributed by atoms with van der Waals surface area (Å²) in [5.74, 6) is 1.02. The van der Waals surface area contributed by atoms with Gasteiger partial charge >= 0.3 is 0 Å². The molecule has 4 nitrogen and oxygen atoms in total. The molecule has 23 heavy (non-hydrogen) atoms. The van der Waals surface area contributed by atoms with E-state index in [1.54, 1.807) is 12.1 Å². The van der Waals surface area contributed by atoms with E-state index in [2.05, 4.69) is 19.2 Å². The lowest BCUT2D eigenvalue weighted by Gasteiger charge is -2.13. The van der Waals surface area contributed by atoms with Crippen molar-refractivity contribution in [3.8, 4) is 5.75 Å². The highest BCUT2D eigenvalue weighted by atomic mass is 16.5. The standard InChI is InChI=1S/C19H24N2O2/c1-14(2)13-23-18-7-5-6-15(12-18)19(22)20-16-8-10-17(11-9-16)21(3)4/h5-12,14H,13H2,1-4H3,(H,20,22). The number of nitrogens with zero attached hydrogens (tertiary/aromatic N) is 1. The Morgan fingerprint density at radius 1 is 1.13 bits per heavy atom. The first-order valence-corrected chi connectivity index (χ1v) is 7.77. The van der Waals surface area contributed by atoms with E-state index in [1.165, 1.54) is 0 Å².